The molecule has 1 unspecified atom stereocenters. The molecule has 0 spiro atoms. The maximum atomic E-state index is 6.22. The Balaban J connectivity index is 2.06. The van der Waals surface area contributed by atoms with Crippen molar-refractivity contribution in [1.82, 2.24) is 0 Å². The lowest BCUT2D eigenvalue weighted by Crippen LogP contribution is -2.12. The SMILES string of the molecule is CCc1ccc(C(N)Cc2cc(Br)cs2)cc1. The zero-order chi connectivity index (χ0) is 12.3. The van der Waals surface area contributed by atoms with Gasteiger partial charge in [0.05, 0.1) is 0 Å². The summed E-state index contributed by atoms with van der Waals surface area (Å²) in [6, 6.07) is 10.9. The molecule has 0 bridgehead atoms. The lowest BCUT2D eigenvalue weighted by Gasteiger charge is -2.11. The molecule has 0 saturated carbocycles. The van der Waals surface area contributed by atoms with Crippen LogP contribution in [0.2, 0.25) is 0 Å². The third kappa shape index (κ3) is 3.41. The van der Waals surface area contributed by atoms with E-state index in [9.17, 15) is 0 Å². The van der Waals surface area contributed by atoms with Gasteiger partial charge in [-0.1, -0.05) is 31.2 Å². The van der Waals surface area contributed by atoms with Crippen LogP contribution in [0.3, 0.4) is 0 Å². The molecule has 3 heteroatoms. The molecule has 0 amide bonds. The minimum Gasteiger partial charge on any atom is -0.324 e. The van der Waals surface area contributed by atoms with E-state index in [4.69, 9.17) is 5.73 Å². The van der Waals surface area contributed by atoms with E-state index < -0.39 is 0 Å². The summed E-state index contributed by atoms with van der Waals surface area (Å²) in [4.78, 5) is 1.32. The Bertz CT molecular complexity index is 475. The van der Waals surface area contributed by atoms with Gasteiger partial charge in [-0.15, -0.1) is 11.3 Å². The first-order valence-electron chi connectivity index (χ1n) is 5.76. The quantitative estimate of drug-likeness (QED) is 0.894. The molecular weight excluding hydrogens is 294 g/mol. The molecule has 2 rings (SSSR count). The van der Waals surface area contributed by atoms with Crippen molar-refractivity contribution in [1.29, 1.82) is 0 Å². The third-order valence-electron chi connectivity index (χ3n) is 2.86. The van der Waals surface area contributed by atoms with Gasteiger partial charge in [0.15, 0.2) is 0 Å². The lowest BCUT2D eigenvalue weighted by molar-refractivity contribution is 0.729. The van der Waals surface area contributed by atoms with Crippen LogP contribution in [0.4, 0.5) is 0 Å². The fourth-order valence-corrected chi connectivity index (χ4v) is 3.31. The van der Waals surface area contributed by atoms with E-state index in [1.54, 1.807) is 11.3 Å². The largest absolute Gasteiger partial charge is 0.324 e. The molecule has 1 heterocycles. The number of benzene rings is 1. The standard InChI is InChI=1S/C14H16BrNS/c1-2-10-3-5-11(6-4-10)14(16)8-13-7-12(15)9-17-13/h3-7,9,14H,2,8,16H2,1H3. The van der Waals surface area contributed by atoms with E-state index in [-0.39, 0.29) is 6.04 Å². The van der Waals surface area contributed by atoms with Gasteiger partial charge in [-0.2, -0.15) is 0 Å². The molecule has 1 atom stereocenters. The maximum absolute atomic E-state index is 6.22. The van der Waals surface area contributed by atoms with Crippen molar-refractivity contribution in [3.8, 4) is 0 Å². The highest BCUT2D eigenvalue weighted by Gasteiger charge is 2.08. The molecule has 0 aliphatic heterocycles. The minimum absolute atomic E-state index is 0.0893. The summed E-state index contributed by atoms with van der Waals surface area (Å²) in [5, 5.41) is 2.10. The van der Waals surface area contributed by atoms with Crippen LogP contribution in [0.25, 0.3) is 0 Å². The van der Waals surface area contributed by atoms with Crippen LogP contribution >= 0.6 is 27.3 Å². The number of halogens is 1. The molecule has 2 aromatic rings. The van der Waals surface area contributed by atoms with E-state index >= 15 is 0 Å². The van der Waals surface area contributed by atoms with E-state index in [0.29, 0.717) is 0 Å². The number of hydrogen-bond donors (Lipinski definition) is 1. The van der Waals surface area contributed by atoms with Crippen molar-refractivity contribution in [3.63, 3.8) is 0 Å². The first-order valence-corrected chi connectivity index (χ1v) is 7.43. The monoisotopic (exact) mass is 309 g/mol. The predicted octanol–water partition coefficient (Wildman–Crippen LogP) is 4.32. The maximum Gasteiger partial charge on any atom is 0.0343 e. The molecular formula is C14H16BrNS. The van der Waals surface area contributed by atoms with Gasteiger partial charge in [-0.25, -0.2) is 0 Å². The second-order valence-electron chi connectivity index (χ2n) is 4.14. The Hall–Kier alpha value is -0.640. The Morgan fingerprint density at radius 1 is 1.29 bits per heavy atom. The molecule has 1 aromatic carbocycles. The van der Waals surface area contributed by atoms with Crippen LogP contribution < -0.4 is 5.73 Å². The molecule has 2 N–H and O–H groups in total. The second-order valence-corrected chi connectivity index (χ2v) is 6.05. The molecule has 0 aliphatic carbocycles. The smallest absolute Gasteiger partial charge is 0.0343 e. The Labute approximate surface area is 115 Å². The van der Waals surface area contributed by atoms with Gasteiger partial charge in [0, 0.05) is 27.2 Å². The van der Waals surface area contributed by atoms with Crippen LogP contribution in [0, 0.1) is 0 Å². The highest BCUT2D eigenvalue weighted by atomic mass is 79.9. The molecule has 0 saturated heterocycles. The molecule has 0 radical (unpaired) electrons. The van der Waals surface area contributed by atoms with E-state index in [2.05, 4.69) is 58.6 Å². The number of hydrogen-bond acceptors (Lipinski definition) is 2. The number of thiophene rings is 1. The Morgan fingerprint density at radius 2 is 2.00 bits per heavy atom. The van der Waals surface area contributed by atoms with E-state index in [0.717, 1.165) is 17.3 Å². The van der Waals surface area contributed by atoms with Crippen LogP contribution in [-0.2, 0) is 12.8 Å². The fraction of sp³-hybridized carbons (Fsp3) is 0.286. The number of nitrogens with two attached hydrogens (primary N) is 1. The van der Waals surface area contributed by atoms with Gasteiger partial charge in [0.1, 0.15) is 0 Å². The van der Waals surface area contributed by atoms with Crippen LogP contribution in [-0.4, -0.2) is 0 Å². The van der Waals surface area contributed by atoms with Gasteiger partial charge < -0.3 is 5.73 Å². The number of aryl methyl sites for hydroxylation is 1. The van der Waals surface area contributed by atoms with Crippen molar-refractivity contribution < 1.29 is 0 Å². The average Bonchev–Trinajstić information content (AvgIpc) is 2.75. The molecule has 1 nitrogen and oxygen atoms in total. The number of rotatable bonds is 4. The first-order chi connectivity index (χ1) is 8.19. The molecule has 17 heavy (non-hydrogen) atoms. The van der Waals surface area contributed by atoms with Gasteiger partial charge in [-0.05, 0) is 39.5 Å². The zero-order valence-corrected chi connectivity index (χ0v) is 12.2. The minimum atomic E-state index is 0.0893. The normalized spacial score (nSPS) is 12.6. The van der Waals surface area contributed by atoms with Gasteiger partial charge in [-0.3, -0.25) is 0 Å². The molecule has 90 valence electrons. The summed E-state index contributed by atoms with van der Waals surface area (Å²) in [5.41, 5.74) is 8.79. The summed E-state index contributed by atoms with van der Waals surface area (Å²) >= 11 is 5.22. The molecule has 0 fully saturated rings. The molecule has 0 aliphatic rings. The van der Waals surface area contributed by atoms with Gasteiger partial charge in [0.2, 0.25) is 0 Å². The topological polar surface area (TPSA) is 26.0 Å². The van der Waals surface area contributed by atoms with Crippen LogP contribution in [0.15, 0.2) is 40.2 Å². The van der Waals surface area contributed by atoms with Crippen molar-refractivity contribution in [3.05, 3.63) is 56.2 Å². The highest BCUT2D eigenvalue weighted by Crippen LogP contribution is 2.24. The average molecular weight is 310 g/mol. The van der Waals surface area contributed by atoms with Crippen molar-refractivity contribution in [2.45, 2.75) is 25.8 Å². The van der Waals surface area contributed by atoms with Crippen molar-refractivity contribution in [2.75, 3.05) is 0 Å². The van der Waals surface area contributed by atoms with Crippen LogP contribution in [0.1, 0.15) is 29.0 Å². The predicted molar refractivity (Wildman–Crippen MR) is 78.5 cm³/mol. The summed E-state index contributed by atoms with van der Waals surface area (Å²) in [5.74, 6) is 0. The summed E-state index contributed by atoms with van der Waals surface area (Å²) < 4.78 is 1.14. The summed E-state index contributed by atoms with van der Waals surface area (Å²) in [6.45, 7) is 2.16. The van der Waals surface area contributed by atoms with E-state index in [1.165, 1.54) is 16.0 Å². The summed E-state index contributed by atoms with van der Waals surface area (Å²) in [6.07, 6.45) is 1.98. The first kappa shape index (κ1) is 12.8. The van der Waals surface area contributed by atoms with Crippen molar-refractivity contribution in [2.24, 2.45) is 5.73 Å². The third-order valence-corrected chi connectivity index (χ3v) is 4.58. The van der Waals surface area contributed by atoms with Gasteiger partial charge >= 0.3 is 0 Å². The zero-order valence-electron chi connectivity index (χ0n) is 9.82. The lowest BCUT2D eigenvalue weighted by atomic mass is 10.0. The Kier molecular flexibility index (Phi) is 4.37. The van der Waals surface area contributed by atoms with Crippen molar-refractivity contribution >= 4 is 27.3 Å². The fourth-order valence-electron chi connectivity index (χ4n) is 1.80. The van der Waals surface area contributed by atoms with Crippen LogP contribution in [0.5, 0.6) is 0 Å². The Morgan fingerprint density at radius 3 is 2.53 bits per heavy atom. The van der Waals surface area contributed by atoms with Gasteiger partial charge in [0.25, 0.3) is 0 Å². The van der Waals surface area contributed by atoms with E-state index in [1.807, 2.05) is 0 Å². The summed E-state index contributed by atoms with van der Waals surface area (Å²) in [7, 11) is 0. The second kappa shape index (κ2) is 5.80. The molecule has 1 aromatic heterocycles. The highest BCUT2D eigenvalue weighted by molar-refractivity contribution is 9.10.